The van der Waals surface area contributed by atoms with E-state index in [2.05, 4.69) is 57.2 Å². The Morgan fingerprint density at radius 1 is 0.357 bits per heavy atom. The third kappa shape index (κ3) is 42.8. The maximum atomic E-state index is 12.7. The van der Waals surface area contributed by atoms with E-state index in [0.29, 0.717) is 19.3 Å². The maximum absolute atomic E-state index is 12.7. The molecule has 0 unspecified atom stereocenters. The van der Waals surface area contributed by atoms with E-state index in [9.17, 15) is 14.4 Å². The molecule has 0 aromatic rings. The lowest BCUT2D eigenvalue weighted by Gasteiger charge is -2.18. The second-order valence-electron chi connectivity index (χ2n) is 16.0. The number of allylic oxidation sites excluding steroid dienone is 6. The summed E-state index contributed by atoms with van der Waals surface area (Å²) in [6.45, 7) is 6.57. The molecular formula is C50H90O6. The van der Waals surface area contributed by atoms with Crippen LogP contribution in [-0.2, 0) is 28.6 Å². The Hall–Kier alpha value is -2.37. The van der Waals surface area contributed by atoms with Crippen molar-refractivity contribution in [1.29, 1.82) is 0 Å². The molecule has 0 amide bonds. The van der Waals surface area contributed by atoms with Gasteiger partial charge < -0.3 is 14.2 Å². The quantitative estimate of drug-likeness (QED) is 0.0265. The van der Waals surface area contributed by atoms with Gasteiger partial charge in [0.05, 0.1) is 0 Å². The Balaban J connectivity index is 4.36. The van der Waals surface area contributed by atoms with Gasteiger partial charge in [-0.1, -0.05) is 205 Å². The Kier molecular flexibility index (Phi) is 43.4. The smallest absolute Gasteiger partial charge is 0.306 e. The predicted octanol–water partition coefficient (Wildman–Crippen LogP) is 15.4. The Bertz CT molecular complexity index is 953. The summed E-state index contributed by atoms with van der Waals surface area (Å²) >= 11 is 0. The van der Waals surface area contributed by atoms with E-state index >= 15 is 0 Å². The summed E-state index contributed by atoms with van der Waals surface area (Å²) in [6.07, 6.45) is 51.2. The summed E-state index contributed by atoms with van der Waals surface area (Å²) in [6, 6.07) is 0. The average molecular weight is 787 g/mol. The van der Waals surface area contributed by atoms with Crippen LogP contribution in [0, 0.1) is 0 Å². The summed E-state index contributed by atoms with van der Waals surface area (Å²) < 4.78 is 16.7. The van der Waals surface area contributed by atoms with Crippen molar-refractivity contribution in [2.75, 3.05) is 13.2 Å². The molecule has 0 aliphatic rings. The van der Waals surface area contributed by atoms with Crippen molar-refractivity contribution < 1.29 is 28.6 Å². The SMILES string of the molecule is CCCCC/C=C\C/C=C\C/C=C\CCCCCCC(=O)OC[C@@H](COC(=O)CCCCCCCCCCCC)OC(=O)CCCCCCCCCCCCC. The molecule has 1 atom stereocenters. The Morgan fingerprint density at radius 2 is 0.643 bits per heavy atom. The minimum absolute atomic E-state index is 0.0760. The van der Waals surface area contributed by atoms with Crippen molar-refractivity contribution in [1.82, 2.24) is 0 Å². The lowest BCUT2D eigenvalue weighted by atomic mass is 10.1. The van der Waals surface area contributed by atoms with Crippen LogP contribution in [-0.4, -0.2) is 37.2 Å². The minimum atomic E-state index is -0.774. The number of rotatable bonds is 43. The zero-order chi connectivity index (χ0) is 40.8. The van der Waals surface area contributed by atoms with E-state index in [4.69, 9.17) is 14.2 Å². The molecule has 0 heterocycles. The van der Waals surface area contributed by atoms with Gasteiger partial charge in [0.2, 0.25) is 0 Å². The van der Waals surface area contributed by atoms with E-state index in [1.165, 1.54) is 122 Å². The summed E-state index contributed by atoms with van der Waals surface area (Å²) in [5.41, 5.74) is 0. The van der Waals surface area contributed by atoms with Gasteiger partial charge in [-0.15, -0.1) is 0 Å². The van der Waals surface area contributed by atoms with Crippen LogP contribution >= 0.6 is 0 Å². The summed E-state index contributed by atoms with van der Waals surface area (Å²) in [5, 5.41) is 0. The lowest BCUT2D eigenvalue weighted by molar-refractivity contribution is -0.167. The van der Waals surface area contributed by atoms with Crippen LogP contribution in [0.2, 0.25) is 0 Å². The monoisotopic (exact) mass is 787 g/mol. The van der Waals surface area contributed by atoms with Crippen LogP contribution in [0.3, 0.4) is 0 Å². The first-order chi connectivity index (χ1) is 27.5. The van der Waals surface area contributed by atoms with Crippen LogP contribution in [0.4, 0.5) is 0 Å². The lowest BCUT2D eigenvalue weighted by Crippen LogP contribution is -2.30. The van der Waals surface area contributed by atoms with Gasteiger partial charge in [0.25, 0.3) is 0 Å². The van der Waals surface area contributed by atoms with Gasteiger partial charge in [-0.2, -0.15) is 0 Å². The normalized spacial score (nSPS) is 12.3. The highest BCUT2D eigenvalue weighted by Crippen LogP contribution is 2.15. The van der Waals surface area contributed by atoms with Gasteiger partial charge in [-0.3, -0.25) is 14.4 Å². The minimum Gasteiger partial charge on any atom is -0.462 e. The number of hydrogen-bond donors (Lipinski definition) is 0. The number of esters is 3. The highest BCUT2D eigenvalue weighted by atomic mass is 16.6. The summed E-state index contributed by atoms with van der Waals surface area (Å²) in [7, 11) is 0. The van der Waals surface area contributed by atoms with Crippen LogP contribution in [0.15, 0.2) is 36.5 Å². The van der Waals surface area contributed by atoms with Crippen molar-refractivity contribution in [3.63, 3.8) is 0 Å². The van der Waals surface area contributed by atoms with Gasteiger partial charge in [-0.05, 0) is 57.8 Å². The van der Waals surface area contributed by atoms with Crippen molar-refractivity contribution in [2.24, 2.45) is 0 Å². The molecule has 0 bridgehead atoms. The molecule has 56 heavy (non-hydrogen) atoms. The van der Waals surface area contributed by atoms with Crippen LogP contribution < -0.4 is 0 Å². The molecule has 0 aromatic heterocycles. The topological polar surface area (TPSA) is 78.9 Å². The van der Waals surface area contributed by atoms with E-state index in [0.717, 1.165) is 83.5 Å². The molecule has 0 aliphatic heterocycles. The first-order valence-electron chi connectivity index (χ1n) is 24.0. The molecule has 6 nitrogen and oxygen atoms in total. The molecule has 0 N–H and O–H groups in total. The van der Waals surface area contributed by atoms with Gasteiger partial charge in [-0.25, -0.2) is 0 Å². The van der Waals surface area contributed by atoms with Crippen molar-refractivity contribution in [2.45, 2.75) is 252 Å². The third-order valence-electron chi connectivity index (χ3n) is 10.4. The molecular weight excluding hydrogens is 697 g/mol. The van der Waals surface area contributed by atoms with Crippen molar-refractivity contribution >= 4 is 17.9 Å². The highest BCUT2D eigenvalue weighted by molar-refractivity contribution is 5.71. The van der Waals surface area contributed by atoms with Crippen LogP contribution in [0.1, 0.15) is 245 Å². The number of carbonyl (C=O) groups is 3. The fourth-order valence-corrected chi connectivity index (χ4v) is 6.74. The van der Waals surface area contributed by atoms with Crippen LogP contribution in [0.5, 0.6) is 0 Å². The van der Waals surface area contributed by atoms with E-state index in [-0.39, 0.29) is 31.1 Å². The molecule has 0 fully saturated rings. The second kappa shape index (κ2) is 45.3. The molecule has 0 saturated heterocycles. The third-order valence-corrected chi connectivity index (χ3v) is 10.4. The van der Waals surface area contributed by atoms with E-state index in [1.807, 2.05) is 0 Å². The molecule has 0 rings (SSSR count). The predicted molar refractivity (Wildman–Crippen MR) is 238 cm³/mol. The maximum Gasteiger partial charge on any atom is 0.306 e. The molecule has 0 saturated carbocycles. The highest BCUT2D eigenvalue weighted by Gasteiger charge is 2.19. The standard InChI is InChI=1S/C50H90O6/c1-4-7-10-13-16-19-22-23-24-25-26-27-29-31-34-37-40-43-49(52)55-46-47(45-54-48(51)42-39-36-33-30-21-18-15-12-9-6-3)56-50(53)44-41-38-35-32-28-20-17-14-11-8-5-2/h16,19,23-24,26-27,47H,4-15,17-18,20-22,25,28-46H2,1-3H3/b19-16-,24-23-,27-26-/t47-/m1/s1. The molecule has 6 heteroatoms. The van der Waals surface area contributed by atoms with Gasteiger partial charge in [0, 0.05) is 19.3 Å². The average Bonchev–Trinajstić information content (AvgIpc) is 3.19. The van der Waals surface area contributed by atoms with Crippen LogP contribution in [0.25, 0.3) is 0 Å². The number of carbonyl (C=O) groups excluding carboxylic acids is 3. The number of ether oxygens (including phenoxy) is 3. The number of unbranched alkanes of at least 4 members (excludes halogenated alkanes) is 26. The van der Waals surface area contributed by atoms with E-state index in [1.54, 1.807) is 0 Å². The molecule has 0 aromatic carbocycles. The summed E-state index contributed by atoms with van der Waals surface area (Å²) in [4.78, 5) is 37.7. The molecule has 326 valence electrons. The van der Waals surface area contributed by atoms with Gasteiger partial charge in [0.15, 0.2) is 6.10 Å². The first kappa shape index (κ1) is 53.6. The molecule has 0 radical (unpaired) electrons. The number of hydrogen-bond acceptors (Lipinski definition) is 6. The second-order valence-corrected chi connectivity index (χ2v) is 16.0. The fraction of sp³-hybridized carbons (Fsp3) is 0.820. The summed E-state index contributed by atoms with van der Waals surface area (Å²) in [5.74, 6) is -0.895. The Labute approximate surface area is 346 Å². The van der Waals surface area contributed by atoms with Gasteiger partial charge >= 0.3 is 17.9 Å². The van der Waals surface area contributed by atoms with Crippen molar-refractivity contribution in [3.8, 4) is 0 Å². The Morgan fingerprint density at radius 3 is 1.04 bits per heavy atom. The molecule has 0 aliphatic carbocycles. The van der Waals surface area contributed by atoms with E-state index < -0.39 is 6.10 Å². The fourth-order valence-electron chi connectivity index (χ4n) is 6.74. The first-order valence-corrected chi connectivity index (χ1v) is 24.0. The zero-order valence-corrected chi connectivity index (χ0v) is 37.2. The zero-order valence-electron chi connectivity index (χ0n) is 37.2. The van der Waals surface area contributed by atoms with Gasteiger partial charge in [0.1, 0.15) is 13.2 Å². The largest absolute Gasteiger partial charge is 0.462 e. The molecule has 0 spiro atoms. The van der Waals surface area contributed by atoms with Crippen molar-refractivity contribution in [3.05, 3.63) is 36.5 Å².